The molecule has 1 saturated heterocycles. The summed E-state index contributed by atoms with van der Waals surface area (Å²) in [4.78, 5) is 30.3. The second-order valence-electron chi connectivity index (χ2n) is 7.80. The fourth-order valence-electron chi connectivity index (χ4n) is 3.79. The highest BCUT2D eigenvalue weighted by atomic mass is 16.2. The van der Waals surface area contributed by atoms with Crippen molar-refractivity contribution < 1.29 is 9.59 Å². The lowest BCUT2D eigenvalue weighted by molar-refractivity contribution is -0.152. The molecule has 1 fully saturated rings. The van der Waals surface area contributed by atoms with Crippen molar-refractivity contribution in [2.24, 2.45) is 5.41 Å². The zero-order valence-corrected chi connectivity index (χ0v) is 16.6. The third-order valence-electron chi connectivity index (χ3n) is 5.67. The maximum Gasteiger partial charge on any atom is 0.238 e. The summed E-state index contributed by atoms with van der Waals surface area (Å²) in [5, 5.41) is 0. The fraction of sp³-hybridized carbons (Fsp3) is 0.391. The highest BCUT2D eigenvalue weighted by molar-refractivity contribution is 6.05. The Morgan fingerprint density at radius 2 is 1.04 bits per heavy atom. The predicted molar refractivity (Wildman–Crippen MR) is 107 cm³/mol. The Hall–Kier alpha value is -2.62. The normalized spacial score (nSPS) is 19.6. The minimum Gasteiger partial charge on any atom is -0.333 e. The van der Waals surface area contributed by atoms with Gasteiger partial charge in [0.25, 0.3) is 0 Å². The molecule has 3 rings (SSSR count). The van der Waals surface area contributed by atoms with Crippen molar-refractivity contribution in [1.29, 1.82) is 0 Å². The van der Waals surface area contributed by atoms with Crippen molar-refractivity contribution in [2.45, 2.75) is 39.8 Å². The Bertz CT molecular complexity index is 734. The number of rotatable bonds is 4. The quantitative estimate of drug-likeness (QED) is 0.763. The molecule has 0 saturated carbocycles. The number of amides is 2. The van der Waals surface area contributed by atoms with Gasteiger partial charge in [-0.15, -0.1) is 0 Å². The molecule has 0 bridgehead atoms. The molecule has 2 atom stereocenters. The van der Waals surface area contributed by atoms with Gasteiger partial charge < -0.3 is 9.80 Å². The standard InChI is InChI=1S/C23H28N2O2/c1-17(19-11-7-5-8-12-19)24-15-16-25(22(27)23(3,4)21(24)26)18(2)20-13-9-6-10-14-20/h5-14,17-18H,15-16H2,1-4H3/t17-,18-/m1/s1. The van der Waals surface area contributed by atoms with Crippen LogP contribution in [0.1, 0.15) is 50.9 Å². The maximum absolute atomic E-state index is 13.3. The van der Waals surface area contributed by atoms with Gasteiger partial charge in [-0.1, -0.05) is 60.7 Å². The van der Waals surface area contributed by atoms with E-state index in [1.165, 1.54) is 0 Å². The Morgan fingerprint density at radius 3 is 1.37 bits per heavy atom. The Kier molecular flexibility index (Phi) is 5.36. The molecule has 27 heavy (non-hydrogen) atoms. The second-order valence-corrected chi connectivity index (χ2v) is 7.80. The predicted octanol–water partition coefficient (Wildman–Crippen LogP) is 4.21. The van der Waals surface area contributed by atoms with Crippen molar-refractivity contribution in [3.63, 3.8) is 0 Å². The van der Waals surface area contributed by atoms with Crippen LogP contribution in [0.4, 0.5) is 0 Å². The summed E-state index contributed by atoms with van der Waals surface area (Å²) in [6.45, 7) is 8.62. The van der Waals surface area contributed by atoms with Crippen molar-refractivity contribution in [2.75, 3.05) is 13.1 Å². The van der Waals surface area contributed by atoms with E-state index in [1.807, 2.05) is 84.3 Å². The van der Waals surface area contributed by atoms with E-state index in [0.717, 1.165) is 11.1 Å². The van der Waals surface area contributed by atoms with Gasteiger partial charge in [0.1, 0.15) is 5.41 Å². The van der Waals surface area contributed by atoms with E-state index >= 15 is 0 Å². The van der Waals surface area contributed by atoms with Crippen LogP contribution in [0.15, 0.2) is 60.7 Å². The molecule has 1 heterocycles. The van der Waals surface area contributed by atoms with Crippen molar-refractivity contribution >= 4 is 11.8 Å². The van der Waals surface area contributed by atoms with E-state index in [0.29, 0.717) is 13.1 Å². The smallest absolute Gasteiger partial charge is 0.238 e. The Morgan fingerprint density at radius 1 is 0.704 bits per heavy atom. The molecule has 0 aliphatic carbocycles. The van der Waals surface area contributed by atoms with Gasteiger partial charge in [-0.2, -0.15) is 0 Å². The van der Waals surface area contributed by atoms with Gasteiger partial charge >= 0.3 is 0 Å². The number of hydrogen-bond donors (Lipinski definition) is 0. The highest BCUT2D eigenvalue weighted by Crippen LogP contribution is 2.34. The van der Waals surface area contributed by atoms with Gasteiger partial charge in [-0.25, -0.2) is 0 Å². The Labute approximate surface area is 161 Å². The molecule has 0 spiro atoms. The first-order valence-corrected chi connectivity index (χ1v) is 9.56. The van der Waals surface area contributed by atoms with Crippen molar-refractivity contribution in [1.82, 2.24) is 9.80 Å². The molecular weight excluding hydrogens is 336 g/mol. The van der Waals surface area contributed by atoms with Crippen molar-refractivity contribution in [3.05, 3.63) is 71.8 Å². The monoisotopic (exact) mass is 364 g/mol. The van der Waals surface area contributed by atoms with Gasteiger partial charge in [0.05, 0.1) is 12.1 Å². The van der Waals surface area contributed by atoms with Crippen LogP contribution in [-0.2, 0) is 9.59 Å². The van der Waals surface area contributed by atoms with Crippen LogP contribution in [0.25, 0.3) is 0 Å². The first kappa shape index (κ1) is 19.2. The third kappa shape index (κ3) is 3.61. The lowest BCUT2D eigenvalue weighted by Crippen LogP contribution is -2.47. The minimum atomic E-state index is -1.08. The maximum atomic E-state index is 13.3. The molecule has 2 aromatic rings. The SMILES string of the molecule is C[C@H](c1ccccc1)N1CCN([C@H](C)c2ccccc2)C(=O)C(C)(C)C1=O. The molecule has 2 aromatic carbocycles. The first-order chi connectivity index (χ1) is 12.8. The summed E-state index contributed by atoms with van der Waals surface area (Å²) in [6, 6.07) is 19.8. The minimum absolute atomic E-state index is 0.0715. The molecule has 0 aromatic heterocycles. The summed E-state index contributed by atoms with van der Waals surface area (Å²) in [5.74, 6) is -0.210. The van der Waals surface area contributed by atoms with Gasteiger partial charge in [0.15, 0.2) is 0 Å². The van der Waals surface area contributed by atoms with Crippen LogP contribution in [0.3, 0.4) is 0 Å². The molecule has 1 aliphatic rings. The lowest BCUT2D eigenvalue weighted by Gasteiger charge is -2.33. The lowest BCUT2D eigenvalue weighted by atomic mass is 9.88. The second kappa shape index (κ2) is 7.55. The number of carbonyl (C=O) groups is 2. The van der Waals surface area contributed by atoms with Crippen LogP contribution in [-0.4, -0.2) is 34.7 Å². The van der Waals surface area contributed by atoms with Crippen LogP contribution >= 0.6 is 0 Å². The van der Waals surface area contributed by atoms with Crippen LogP contribution < -0.4 is 0 Å². The average molecular weight is 364 g/mol. The summed E-state index contributed by atoms with van der Waals surface area (Å²) >= 11 is 0. The van der Waals surface area contributed by atoms with Gasteiger partial charge in [-0.05, 0) is 38.8 Å². The average Bonchev–Trinajstić information content (AvgIpc) is 2.78. The molecule has 142 valence electrons. The van der Waals surface area contributed by atoms with E-state index in [2.05, 4.69) is 0 Å². The van der Waals surface area contributed by atoms with Crippen molar-refractivity contribution in [3.8, 4) is 0 Å². The largest absolute Gasteiger partial charge is 0.333 e. The highest BCUT2D eigenvalue weighted by Gasteiger charge is 2.46. The van der Waals surface area contributed by atoms with E-state index in [-0.39, 0.29) is 23.9 Å². The molecule has 4 heteroatoms. The van der Waals surface area contributed by atoms with Gasteiger partial charge in [0, 0.05) is 13.1 Å². The zero-order valence-electron chi connectivity index (χ0n) is 16.6. The number of carbonyl (C=O) groups excluding carboxylic acids is 2. The molecule has 2 amide bonds. The molecule has 0 unspecified atom stereocenters. The summed E-state index contributed by atoms with van der Waals surface area (Å²) in [7, 11) is 0. The first-order valence-electron chi connectivity index (χ1n) is 9.56. The van der Waals surface area contributed by atoms with E-state index < -0.39 is 5.41 Å². The molecule has 1 aliphatic heterocycles. The van der Waals surface area contributed by atoms with Crippen LogP contribution in [0, 0.1) is 5.41 Å². The molecular formula is C23H28N2O2. The van der Waals surface area contributed by atoms with E-state index in [1.54, 1.807) is 13.8 Å². The number of benzene rings is 2. The third-order valence-corrected chi connectivity index (χ3v) is 5.67. The summed E-state index contributed by atoms with van der Waals surface area (Å²) in [5.41, 5.74) is 1.08. The van der Waals surface area contributed by atoms with Crippen LogP contribution in [0.5, 0.6) is 0 Å². The van der Waals surface area contributed by atoms with E-state index in [4.69, 9.17) is 0 Å². The summed E-state index contributed by atoms with van der Waals surface area (Å²) < 4.78 is 0. The topological polar surface area (TPSA) is 40.6 Å². The fourth-order valence-corrected chi connectivity index (χ4v) is 3.79. The number of nitrogens with zero attached hydrogens (tertiary/aromatic N) is 2. The zero-order chi connectivity index (χ0) is 19.6. The molecule has 4 nitrogen and oxygen atoms in total. The van der Waals surface area contributed by atoms with Gasteiger partial charge in [0.2, 0.25) is 11.8 Å². The van der Waals surface area contributed by atoms with Gasteiger partial charge in [-0.3, -0.25) is 9.59 Å². The Balaban J connectivity index is 1.91. The number of hydrogen-bond acceptors (Lipinski definition) is 2. The molecule has 0 N–H and O–H groups in total. The summed E-state index contributed by atoms with van der Waals surface area (Å²) in [6.07, 6.45) is 0. The van der Waals surface area contributed by atoms with Crippen LogP contribution in [0.2, 0.25) is 0 Å². The molecule has 0 radical (unpaired) electrons. The van der Waals surface area contributed by atoms with E-state index in [9.17, 15) is 9.59 Å².